The second-order valence-corrected chi connectivity index (χ2v) is 2.72. The number of oxime groups is 1. The molecule has 84 valence electrons. The molecule has 8 heteroatoms. The molecule has 0 atom stereocenters. The predicted molar refractivity (Wildman–Crippen MR) is 54.0 cm³/mol. The Morgan fingerprint density at radius 3 is 2.73 bits per heavy atom. The van der Waals surface area contributed by atoms with Crippen LogP contribution in [-0.4, -0.2) is 40.9 Å². The molecule has 1 heterocycles. The van der Waals surface area contributed by atoms with Gasteiger partial charge >= 0.3 is 0 Å². The second-order valence-electron chi connectivity index (χ2n) is 2.19. The lowest BCUT2D eigenvalue weighted by Crippen LogP contribution is -1.91. The number of methoxy groups -OCH3 is 1. The first-order chi connectivity index (χ1) is 7.23. The van der Waals surface area contributed by atoms with Gasteiger partial charge in [-0.2, -0.15) is 0 Å². The van der Waals surface area contributed by atoms with Crippen LogP contribution in [0.4, 0.5) is 3.89 Å². The minimum absolute atomic E-state index is 0.0621. The van der Waals surface area contributed by atoms with Gasteiger partial charge in [-0.1, -0.05) is 5.16 Å². The van der Waals surface area contributed by atoms with Gasteiger partial charge in [0.1, 0.15) is 11.9 Å². The molecule has 0 radical (unpaired) electrons. The summed E-state index contributed by atoms with van der Waals surface area (Å²) in [7, 11) is 3.25. The molecule has 0 aliphatic heterocycles. The zero-order valence-corrected chi connectivity index (χ0v) is 8.94. The van der Waals surface area contributed by atoms with Gasteiger partial charge in [0.05, 0.1) is 0 Å². The minimum Gasteiger partial charge on any atom is -0.411 e. The summed E-state index contributed by atoms with van der Waals surface area (Å²) in [5.41, 5.74) is 0.0788. The van der Waals surface area contributed by atoms with Gasteiger partial charge in [0.15, 0.2) is 24.4 Å². The van der Waals surface area contributed by atoms with Crippen LogP contribution in [0, 0.1) is 0 Å². The van der Waals surface area contributed by atoms with Gasteiger partial charge < -0.3 is 9.94 Å². The Kier molecular flexibility index (Phi) is 7.20. The first-order valence-corrected chi connectivity index (χ1v) is 4.32. The van der Waals surface area contributed by atoms with Crippen molar-refractivity contribution in [3.05, 3.63) is 17.7 Å². The van der Waals surface area contributed by atoms with E-state index in [0.29, 0.717) is 6.29 Å². The highest BCUT2D eigenvalue weighted by Gasteiger charge is 2.05. The van der Waals surface area contributed by atoms with Crippen LogP contribution >= 0.6 is 12.3 Å². The van der Waals surface area contributed by atoms with Crippen molar-refractivity contribution in [2.24, 2.45) is 5.16 Å². The van der Waals surface area contributed by atoms with Crippen molar-refractivity contribution in [2.45, 2.75) is 0 Å². The number of hydrogen-bond donors (Lipinski definition) is 1. The number of carbonyl (C=O) groups is 1. The van der Waals surface area contributed by atoms with Crippen molar-refractivity contribution in [1.82, 2.24) is 8.96 Å². The summed E-state index contributed by atoms with van der Waals surface area (Å²) in [4.78, 5) is 13.8. The fraction of sp³-hybridized carbons (Fsp3) is 0.286. The van der Waals surface area contributed by atoms with Gasteiger partial charge in [-0.15, -0.1) is 3.89 Å². The number of carbonyl (C=O) groups excluding carboxylic acids is 1. The number of nitrogens with zero attached hydrogens (tertiary/aromatic N) is 3. The Morgan fingerprint density at radius 1 is 1.73 bits per heavy atom. The average Bonchev–Trinajstić information content (AvgIpc) is 2.62. The zero-order chi connectivity index (χ0) is 11.7. The lowest BCUT2D eigenvalue weighted by Gasteiger charge is -1.90. The molecule has 0 bridgehead atoms. The molecule has 1 rings (SSSR count). The maximum absolute atomic E-state index is 12.0. The van der Waals surface area contributed by atoms with E-state index in [1.165, 1.54) is 6.20 Å². The Balaban J connectivity index is 0.000000583. The predicted octanol–water partition coefficient (Wildman–Crippen LogP) is 1.15. The molecule has 0 aliphatic carbocycles. The molecule has 0 aliphatic rings. The van der Waals surface area contributed by atoms with Gasteiger partial charge in [-0.3, -0.25) is 4.79 Å². The highest BCUT2D eigenvalue weighted by atomic mass is 32.2. The smallest absolute Gasteiger partial charge is 0.171 e. The largest absolute Gasteiger partial charge is 0.411 e. The van der Waals surface area contributed by atoms with E-state index in [1.54, 1.807) is 14.2 Å². The van der Waals surface area contributed by atoms with Crippen LogP contribution in [0.15, 0.2) is 11.4 Å². The topological polar surface area (TPSA) is 76.7 Å². The van der Waals surface area contributed by atoms with Crippen LogP contribution in [0.5, 0.6) is 0 Å². The number of hydrogen-bond acceptors (Lipinski definition) is 6. The van der Waals surface area contributed by atoms with E-state index in [2.05, 4.69) is 14.9 Å². The number of aromatic nitrogens is 2. The van der Waals surface area contributed by atoms with E-state index < -0.39 is 0 Å². The average molecular weight is 235 g/mol. The Morgan fingerprint density at radius 2 is 2.33 bits per heavy atom. The lowest BCUT2D eigenvalue weighted by atomic mass is 10.5. The van der Waals surface area contributed by atoms with Gasteiger partial charge in [-0.05, 0) is 0 Å². The fourth-order valence-corrected chi connectivity index (χ4v) is 0.953. The molecule has 0 unspecified atom stereocenters. The molecule has 0 saturated heterocycles. The van der Waals surface area contributed by atoms with Crippen molar-refractivity contribution in [1.29, 1.82) is 0 Å². The van der Waals surface area contributed by atoms with E-state index in [9.17, 15) is 8.68 Å². The Bertz CT molecular complexity index is 329. The number of halogens is 1. The minimum atomic E-state index is -0.136. The van der Waals surface area contributed by atoms with Gasteiger partial charge in [0.2, 0.25) is 0 Å². The summed E-state index contributed by atoms with van der Waals surface area (Å²) in [5.74, 6) is 0.0621. The summed E-state index contributed by atoms with van der Waals surface area (Å²) in [6.45, 7) is 0. The molecule has 0 fully saturated rings. The monoisotopic (exact) mass is 235 g/mol. The van der Waals surface area contributed by atoms with Crippen molar-refractivity contribution in [3.63, 3.8) is 0 Å². The molecular formula is C7H10FN3O3S. The number of imidazole rings is 1. The normalized spacial score (nSPS) is 9.80. The third-order valence-electron chi connectivity index (χ3n) is 1.09. The van der Waals surface area contributed by atoms with Crippen LogP contribution in [0.25, 0.3) is 0 Å². The summed E-state index contributed by atoms with van der Waals surface area (Å²) >= 11 is -0.136. The van der Waals surface area contributed by atoms with Crippen molar-refractivity contribution in [2.75, 3.05) is 14.2 Å². The van der Waals surface area contributed by atoms with Crippen molar-refractivity contribution < 1.29 is 18.6 Å². The fourth-order valence-electron chi connectivity index (χ4n) is 0.646. The SMILES string of the molecule is COC.O=Cc1cn(SF)c(/C=N/O)n1. The number of ether oxygens (including phenoxy) is 1. The van der Waals surface area contributed by atoms with Crippen LogP contribution < -0.4 is 0 Å². The van der Waals surface area contributed by atoms with Gasteiger partial charge in [0, 0.05) is 20.4 Å². The summed E-state index contributed by atoms with van der Waals surface area (Å²) in [6, 6.07) is 0. The number of aldehydes is 1. The highest BCUT2D eigenvalue weighted by Crippen LogP contribution is 2.10. The van der Waals surface area contributed by atoms with Crippen LogP contribution in [0.1, 0.15) is 16.3 Å². The molecule has 1 aromatic rings. The molecule has 1 N–H and O–H groups in total. The highest BCUT2D eigenvalue weighted by molar-refractivity contribution is 7.92. The molecule has 1 aromatic heterocycles. The molecule has 0 spiro atoms. The Labute approximate surface area is 90.2 Å². The second kappa shape index (κ2) is 7.94. The van der Waals surface area contributed by atoms with Crippen LogP contribution in [0.2, 0.25) is 0 Å². The third-order valence-corrected chi connectivity index (χ3v) is 1.53. The molecule has 0 amide bonds. The van der Waals surface area contributed by atoms with E-state index in [1.807, 2.05) is 0 Å². The third kappa shape index (κ3) is 4.56. The van der Waals surface area contributed by atoms with E-state index in [-0.39, 0.29) is 23.9 Å². The van der Waals surface area contributed by atoms with E-state index in [4.69, 9.17) is 5.21 Å². The summed E-state index contributed by atoms with van der Waals surface area (Å²) in [5, 5.41) is 10.8. The van der Waals surface area contributed by atoms with Crippen LogP contribution in [-0.2, 0) is 4.74 Å². The summed E-state index contributed by atoms with van der Waals surface area (Å²) in [6.07, 6.45) is 2.59. The number of rotatable bonds is 3. The van der Waals surface area contributed by atoms with Gasteiger partial charge in [-0.25, -0.2) is 8.96 Å². The molecular weight excluding hydrogens is 225 g/mol. The maximum Gasteiger partial charge on any atom is 0.171 e. The standard InChI is InChI=1S/C5H4FN3O2S.C2H6O/c6-12-9-2-4(3-10)8-5(9)1-7-11;1-3-2/h1-3,11H;1-2H3/b7-1+;. The first kappa shape index (κ1) is 13.6. The quantitative estimate of drug-likeness (QED) is 0.368. The molecule has 0 aromatic carbocycles. The van der Waals surface area contributed by atoms with Crippen molar-refractivity contribution >= 4 is 24.8 Å². The zero-order valence-electron chi connectivity index (χ0n) is 8.12. The molecule has 15 heavy (non-hydrogen) atoms. The Hall–Kier alpha value is -1.41. The molecule has 6 nitrogen and oxygen atoms in total. The van der Waals surface area contributed by atoms with Crippen LogP contribution in [0.3, 0.4) is 0 Å². The van der Waals surface area contributed by atoms with Crippen molar-refractivity contribution in [3.8, 4) is 0 Å². The van der Waals surface area contributed by atoms with E-state index >= 15 is 0 Å². The van der Waals surface area contributed by atoms with E-state index in [0.717, 1.165) is 10.2 Å². The maximum atomic E-state index is 12.0. The lowest BCUT2D eigenvalue weighted by molar-refractivity contribution is 0.111. The summed E-state index contributed by atoms with van der Waals surface area (Å²) < 4.78 is 17.3. The first-order valence-electron chi connectivity index (χ1n) is 3.64. The molecule has 0 saturated carbocycles. The van der Waals surface area contributed by atoms with Gasteiger partial charge in [0.25, 0.3) is 0 Å².